The highest BCUT2D eigenvalue weighted by molar-refractivity contribution is 6.31. The molecule has 0 fully saturated rings. The first-order chi connectivity index (χ1) is 12.2. The molecule has 2 aromatic carbocycles. The first-order valence-electron chi connectivity index (χ1n) is 6.99. The van der Waals surface area contributed by atoms with E-state index in [9.17, 15) is 5.26 Å². The van der Waals surface area contributed by atoms with Crippen molar-refractivity contribution in [3.8, 4) is 17.6 Å². The van der Waals surface area contributed by atoms with Crippen molar-refractivity contribution in [2.75, 3.05) is 5.32 Å². The molecule has 0 saturated heterocycles. The van der Waals surface area contributed by atoms with Gasteiger partial charge >= 0.3 is 0 Å². The standard InChI is InChI=1S/C16H10Cl2N6O/c17-11-1-4-13(5-2-11)25-15-6-3-12(18)7-14(15)20-9-10(8-19)16-21-23-24-22-16/h1-7,9,20H,(H,21,22,23,24). The van der Waals surface area contributed by atoms with Gasteiger partial charge in [0.25, 0.3) is 0 Å². The van der Waals surface area contributed by atoms with Crippen molar-refractivity contribution in [2.24, 2.45) is 0 Å². The molecule has 0 aliphatic carbocycles. The molecular weight excluding hydrogens is 363 g/mol. The normalized spacial score (nSPS) is 11.0. The summed E-state index contributed by atoms with van der Waals surface area (Å²) in [7, 11) is 0. The Bertz CT molecular complexity index is 932. The smallest absolute Gasteiger partial charge is 0.216 e. The number of hydrogen-bond acceptors (Lipinski definition) is 6. The van der Waals surface area contributed by atoms with Gasteiger partial charge in [0.05, 0.1) is 5.69 Å². The molecule has 0 spiro atoms. The average molecular weight is 373 g/mol. The van der Waals surface area contributed by atoms with Gasteiger partial charge in [-0.25, -0.2) is 0 Å². The Morgan fingerprint density at radius 2 is 1.92 bits per heavy atom. The maximum absolute atomic E-state index is 9.21. The lowest BCUT2D eigenvalue weighted by atomic mass is 10.2. The fraction of sp³-hybridized carbons (Fsp3) is 0. The zero-order chi connectivity index (χ0) is 17.6. The molecule has 0 saturated carbocycles. The van der Waals surface area contributed by atoms with Crippen molar-refractivity contribution in [3.63, 3.8) is 0 Å². The third-order valence-corrected chi connectivity index (χ3v) is 3.55. The van der Waals surface area contributed by atoms with Crippen molar-refractivity contribution in [1.29, 1.82) is 5.26 Å². The second kappa shape index (κ2) is 7.66. The zero-order valence-electron chi connectivity index (χ0n) is 12.6. The van der Waals surface area contributed by atoms with Crippen molar-refractivity contribution >= 4 is 34.5 Å². The fourth-order valence-electron chi connectivity index (χ4n) is 1.91. The number of tetrazole rings is 1. The van der Waals surface area contributed by atoms with Gasteiger partial charge in [-0.3, -0.25) is 0 Å². The number of anilines is 1. The van der Waals surface area contributed by atoms with Crippen LogP contribution in [0.2, 0.25) is 10.0 Å². The molecule has 0 bridgehead atoms. The summed E-state index contributed by atoms with van der Waals surface area (Å²) in [6, 6.07) is 14.0. The van der Waals surface area contributed by atoms with Gasteiger partial charge in [-0.1, -0.05) is 23.2 Å². The average Bonchev–Trinajstić information content (AvgIpc) is 3.14. The van der Waals surface area contributed by atoms with Crippen LogP contribution in [-0.2, 0) is 0 Å². The molecule has 1 aromatic heterocycles. The lowest BCUT2D eigenvalue weighted by Crippen LogP contribution is -1.96. The summed E-state index contributed by atoms with van der Waals surface area (Å²) in [5.74, 6) is 1.31. The maximum Gasteiger partial charge on any atom is 0.216 e. The van der Waals surface area contributed by atoms with E-state index in [0.29, 0.717) is 27.2 Å². The van der Waals surface area contributed by atoms with Gasteiger partial charge in [0, 0.05) is 16.2 Å². The molecule has 0 aliphatic rings. The number of aromatic nitrogens is 4. The van der Waals surface area contributed by atoms with Crippen LogP contribution in [-0.4, -0.2) is 20.6 Å². The third kappa shape index (κ3) is 4.26. The Kier molecular flexibility index (Phi) is 5.14. The number of ether oxygens (including phenoxy) is 1. The van der Waals surface area contributed by atoms with E-state index in [1.165, 1.54) is 6.20 Å². The first kappa shape index (κ1) is 16.8. The molecule has 0 amide bonds. The van der Waals surface area contributed by atoms with Crippen LogP contribution < -0.4 is 10.1 Å². The second-order valence-electron chi connectivity index (χ2n) is 4.75. The monoisotopic (exact) mass is 372 g/mol. The van der Waals surface area contributed by atoms with E-state index in [1.807, 2.05) is 6.07 Å². The predicted molar refractivity (Wildman–Crippen MR) is 94.4 cm³/mol. The highest BCUT2D eigenvalue weighted by Gasteiger charge is 2.09. The zero-order valence-corrected chi connectivity index (χ0v) is 14.1. The number of nitrogens with one attached hydrogen (secondary N) is 2. The van der Waals surface area contributed by atoms with Gasteiger partial charge < -0.3 is 10.1 Å². The van der Waals surface area contributed by atoms with Crippen LogP contribution >= 0.6 is 23.2 Å². The minimum Gasteiger partial charge on any atom is -0.455 e. The number of nitriles is 1. The number of hydrogen-bond donors (Lipinski definition) is 2. The van der Waals surface area contributed by atoms with Gasteiger partial charge in [0.15, 0.2) is 5.75 Å². The van der Waals surface area contributed by atoms with E-state index in [1.54, 1.807) is 42.5 Å². The Labute approximate surface area is 152 Å². The van der Waals surface area contributed by atoms with Crippen molar-refractivity contribution < 1.29 is 4.74 Å². The number of nitrogens with zero attached hydrogens (tertiary/aromatic N) is 4. The first-order valence-corrected chi connectivity index (χ1v) is 7.75. The summed E-state index contributed by atoms with van der Waals surface area (Å²) in [6.07, 6.45) is 1.45. The van der Waals surface area contributed by atoms with Crippen LogP contribution in [0, 0.1) is 11.3 Å². The van der Waals surface area contributed by atoms with Gasteiger partial charge in [-0.05, 0) is 47.7 Å². The summed E-state index contributed by atoms with van der Waals surface area (Å²) in [6.45, 7) is 0. The summed E-state index contributed by atoms with van der Waals surface area (Å²) in [5.41, 5.74) is 0.768. The lowest BCUT2D eigenvalue weighted by molar-refractivity contribution is 0.485. The highest BCUT2D eigenvalue weighted by atomic mass is 35.5. The largest absolute Gasteiger partial charge is 0.455 e. The highest BCUT2D eigenvalue weighted by Crippen LogP contribution is 2.32. The van der Waals surface area contributed by atoms with Crippen LogP contribution in [0.3, 0.4) is 0 Å². The summed E-state index contributed by atoms with van der Waals surface area (Å²) in [5, 5.41) is 26.6. The number of halogens is 2. The predicted octanol–water partition coefficient (Wildman–Crippen LogP) is 4.28. The second-order valence-corrected chi connectivity index (χ2v) is 5.62. The molecule has 1 heterocycles. The van der Waals surface area contributed by atoms with Gasteiger partial charge in [0.2, 0.25) is 5.82 Å². The molecule has 0 radical (unpaired) electrons. The van der Waals surface area contributed by atoms with E-state index in [2.05, 4.69) is 25.9 Å². The molecule has 3 aromatic rings. The molecule has 0 unspecified atom stereocenters. The molecule has 0 atom stereocenters. The van der Waals surface area contributed by atoms with Crippen LogP contribution in [0.1, 0.15) is 5.82 Å². The summed E-state index contributed by atoms with van der Waals surface area (Å²) >= 11 is 11.9. The molecule has 25 heavy (non-hydrogen) atoms. The summed E-state index contributed by atoms with van der Waals surface area (Å²) in [4.78, 5) is 0. The van der Waals surface area contributed by atoms with Gasteiger partial charge in [-0.2, -0.15) is 10.5 Å². The van der Waals surface area contributed by atoms with Gasteiger partial charge in [-0.15, -0.1) is 10.2 Å². The van der Waals surface area contributed by atoms with E-state index in [0.717, 1.165) is 0 Å². The minimum atomic E-state index is 0.178. The Hall–Kier alpha value is -3.08. The van der Waals surface area contributed by atoms with Crippen LogP contribution in [0.5, 0.6) is 11.5 Å². The number of allylic oxidation sites excluding steroid dienone is 1. The number of aromatic amines is 1. The van der Waals surface area contributed by atoms with E-state index in [4.69, 9.17) is 27.9 Å². The van der Waals surface area contributed by atoms with Crippen LogP contribution in [0.25, 0.3) is 5.57 Å². The number of benzene rings is 2. The lowest BCUT2D eigenvalue weighted by Gasteiger charge is -2.11. The van der Waals surface area contributed by atoms with E-state index >= 15 is 0 Å². The number of rotatable bonds is 5. The van der Waals surface area contributed by atoms with Crippen molar-refractivity contribution in [2.45, 2.75) is 0 Å². The Morgan fingerprint density at radius 3 is 2.60 bits per heavy atom. The van der Waals surface area contributed by atoms with E-state index < -0.39 is 0 Å². The Morgan fingerprint density at radius 1 is 1.16 bits per heavy atom. The third-order valence-electron chi connectivity index (χ3n) is 3.06. The van der Waals surface area contributed by atoms with Crippen molar-refractivity contribution in [3.05, 3.63) is 64.5 Å². The number of H-pyrrole nitrogens is 1. The van der Waals surface area contributed by atoms with E-state index in [-0.39, 0.29) is 11.4 Å². The maximum atomic E-state index is 9.21. The van der Waals surface area contributed by atoms with Crippen LogP contribution in [0.4, 0.5) is 5.69 Å². The topological polar surface area (TPSA) is 99.5 Å². The Balaban J connectivity index is 1.86. The molecule has 7 nitrogen and oxygen atoms in total. The molecular formula is C16H10Cl2N6O. The van der Waals surface area contributed by atoms with Gasteiger partial charge in [0.1, 0.15) is 17.4 Å². The molecule has 3 rings (SSSR count). The van der Waals surface area contributed by atoms with Crippen molar-refractivity contribution in [1.82, 2.24) is 20.6 Å². The summed E-state index contributed by atoms with van der Waals surface area (Å²) < 4.78 is 5.83. The molecule has 2 N–H and O–H groups in total. The quantitative estimate of drug-likeness (QED) is 0.648. The molecule has 0 aliphatic heterocycles. The minimum absolute atomic E-state index is 0.178. The molecule has 124 valence electrons. The fourth-order valence-corrected chi connectivity index (χ4v) is 2.20. The van der Waals surface area contributed by atoms with Crippen LogP contribution in [0.15, 0.2) is 48.7 Å². The SMILES string of the molecule is N#CC(=CNc1cc(Cl)ccc1Oc1ccc(Cl)cc1)c1nn[nH]n1. The molecule has 9 heteroatoms.